The topological polar surface area (TPSA) is 128 Å². The van der Waals surface area contributed by atoms with Gasteiger partial charge in [0, 0.05) is 29.8 Å². The zero-order valence-corrected chi connectivity index (χ0v) is 17.9. The number of ether oxygens (including phenoxy) is 2. The SMILES string of the molecule is CCOc1cc(C2C(C(=O)OC(C)C)=C(C)NC3=CCCC(=O)C32)cc([N+](=O)[O-])c1O. The summed E-state index contributed by atoms with van der Waals surface area (Å²) < 4.78 is 10.8. The van der Waals surface area contributed by atoms with Gasteiger partial charge >= 0.3 is 11.7 Å². The maximum atomic E-state index is 13.0. The number of aromatic hydroxyl groups is 1. The summed E-state index contributed by atoms with van der Waals surface area (Å²) in [6.45, 7) is 7.00. The maximum Gasteiger partial charge on any atom is 0.336 e. The standard InChI is InChI=1S/C22H26N2O7/c1-5-30-17-10-13(9-15(21(17)26)24(28)29)19-18(22(27)31-11(2)3)12(4)23-14-7-6-8-16(25)20(14)19/h7,9-11,19-20,23,26H,5-6,8H2,1-4H3. The number of phenols is 1. The zero-order valence-electron chi connectivity index (χ0n) is 17.9. The molecule has 0 radical (unpaired) electrons. The fourth-order valence-electron chi connectivity index (χ4n) is 4.12. The first kappa shape index (κ1) is 22.3. The smallest absolute Gasteiger partial charge is 0.336 e. The van der Waals surface area contributed by atoms with Crippen LogP contribution in [0.2, 0.25) is 0 Å². The number of hydrogen-bond acceptors (Lipinski definition) is 8. The largest absolute Gasteiger partial charge is 0.500 e. The number of fused-ring (bicyclic) bond motifs is 1. The molecular formula is C22H26N2O7. The summed E-state index contributed by atoms with van der Waals surface area (Å²) in [5.41, 5.74) is 1.18. The van der Waals surface area contributed by atoms with Crippen molar-refractivity contribution in [2.75, 3.05) is 6.61 Å². The normalized spacial score (nSPS) is 20.7. The highest BCUT2D eigenvalue weighted by Crippen LogP contribution is 2.47. The Balaban J connectivity index is 2.26. The third-order valence-electron chi connectivity index (χ3n) is 5.31. The van der Waals surface area contributed by atoms with Crippen LogP contribution in [0.15, 0.2) is 35.2 Å². The molecule has 166 valence electrons. The zero-order chi connectivity index (χ0) is 22.9. The number of ketones is 1. The Morgan fingerprint density at radius 3 is 2.68 bits per heavy atom. The van der Waals surface area contributed by atoms with Crippen molar-refractivity contribution in [2.24, 2.45) is 5.92 Å². The molecule has 2 N–H and O–H groups in total. The molecule has 0 amide bonds. The molecule has 2 unspecified atom stereocenters. The van der Waals surface area contributed by atoms with Crippen molar-refractivity contribution in [3.05, 3.63) is 50.9 Å². The van der Waals surface area contributed by atoms with E-state index in [9.17, 15) is 24.8 Å². The first-order valence-electron chi connectivity index (χ1n) is 10.2. The van der Waals surface area contributed by atoms with E-state index in [1.54, 1.807) is 27.7 Å². The minimum Gasteiger partial charge on any atom is -0.500 e. The number of Topliss-reactive ketones (excluding diaryl/α,β-unsaturated/α-hetero) is 1. The predicted octanol–water partition coefficient (Wildman–Crippen LogP) is 3.47. The van der Waals surface area contributed by atoms with Crippen LogP contribution in [0.1, 0.15) is 52.0 Å². The average Bonchev–Trinajstić information content (AvgIpc) is 2.68. The van der Waals surface area contributed by atoms with Gasteiger partial charge in [-0.1, -0.05) is 6.08 Å². The molecule has 0 bridgehead atoms. The second-order valence-corrected chi connectivity index (χ2v) is 7.81. The van der Waals surface area contributed by atoms with E-state index in [4.69, 9.17) is 9.47 Å². The van der Waals surface area contributed by atoms with Crippen molar-refractivity contribution < 1.29 is 29.1 Å². The molecule has 0 saturated carbocycles. The number of carbonyl (C=O) groups excluding carboxylic acids is 2. The third-order valence-corrected chi connectivity index (χ3v) is 5.31. The van der Waals surface area contributed by atoms with E-state index in [1.165, 1.54) is 12.1 Å². The minimum absolute atomic E-state index is 0.0757. The van der Waals surface area contributed by atoms with Crippen molar-refractivity contribution in [3.8, 4) is 11.5 Å². The number of nitro groups is 1. The Morgan fingerprint density at radius 1 is 1.35 bits per heavy atom. The van der Waals surface area contributed by atoms with E-state index in [0.29, 0.717) is 29.8 Å². The molecule has 2 aliphatic rings. The van der Waals surface area contributed by atoms with E-state index < -0.39 is 34.2 Å². The highest BCUT2D eigenvalue weighted by molar-refractivity contribution is 5.96. The summed E-state index contributed by atoms with van der Waals surface area (Å²) in [4.78, 5) is 36.8. The summed E-state index contributed by atoms with van der Waals surface area (Å²) in [5.74, 6) is -2.88. The van der Waals surface area contributed by atoms with Gasteiger partial charge in [-0.05, 0) is 45.7 Å². The number of phenolic OH excluding ortho intramolecular Hbond substituents is 1. The molecule has 1 aliphatic carbocycles. The first-order valence-corrected chi connectivity index (χ1v) is 10.2. The second kappa shape index (κ2) is 8.79. The fourth-order valence-corrected chi connectivity index (χ4v) is 4.12. The van der Waals surface area contributed by atoms with Gasteiger partial charge in [0.05, 0.1) is 29.1 Å². The van der Waals surface area contributed by atoms with Crippen molar-refractivity contribution >= 4 is 17.4 Å². The van der Waals surface area contributed by atoms with Gasteiger partial charge in [0.1, 0.15) is 5.78 Å². The van der Waals surface area contributed by atoms with Crippen LogP contribution in [0, 0.1) is 16.0 Å². The summed E-state index contributed by atoms with van der Waals surface area (Å²) in [6.07, 6.45) is 2.39. The molecule has 1 aromatic rings. The molecule has 0 spiro atoms. The molecule has 1 aromatic carbocycles. The molecule has 0 fully saturated rings. The lowest BCUT2D eigenvalue weighted by molar-refractivity contribution is -0.386. The lowest BCUT2D eigenvalue weighted by Gasteiger charge is -2.38. The summed E-state index contributed by atoms with van der Waals surface area (Å²) in [6, 6.07) is 2.65. The number of nitrogens with one attached hydrogen (secondary N) is 1. The number of benzene rings is 1. The van der Waals surface area contributed by atoms with Gasteiger partial charge in [-0.25, -0.2) is 4.79 Å². The van der Waals surface area contributed by atoms with Crippen molar-refractivity contribution in [1.29, 1.82) is 0 Å². The maximum absolute atomic E-state index is 13.0. The highest BCUT2D eigenvalue weighted by Gasteiger charge is 2.44. The van der Waals surface area contributed by atoms with Crippen LogP contribution >= 0.6 is 0 Å². The summed E-state index contributed by atoms with van der Waals surface area (Å²) in [5, 5.41) is 25.0. The van der Waals surface area contributed by atoms with Crippen LogP contribution in [-0.2, 0) is 14.3 Å². The van der Waals surface area contributed by atoms with E-state index in [2.05, 4.69) is 5.32 Å². The number of carbonyl (C=O) groups is 2. The number of allylic oxidation sites excluding steroid dienone is 3. The minimum atomic E-state index is -0.815. The molecule has 3 rings (SSSR count). The van der Waals surface area contributed by atoms with E-state index in [-0.39, 0.29) is 29.8 Å². The van der Waals surface area contributed by atoms with Crippen molar-refractivity contribution in [1.82, 2.24) is 5.32 Å². The molecule has 1 heterocycles. The van der Waals surface area contributed by atoms with E-state index >= 15 is 0 Å². The molecule has 2 atom stereocenters. The average molecular weight is 430 g/mol. The highest BCUT2D eigenvalue weighted by atomic mass is 16.6. The number of hydrogen-bond donors (Lipinski definition) is 2. The molecule has 9 nitrogen and oxygen atoms in total. The van der Waals surface area contributed by atoms with Crippen LogP contribution in [0.5, 0.6) is 11.5 Å². The molecule has 9 heteroatoms. The Hall–Kier alpha value is -3.36. The Bertz CT molecular complexity index is 994. The Labute approximate surface area is 179 Å². The quantitative estimate of drug-likeness (QED) is 0.399. The van der Waals surface area contributed by atoms with Crippen molar-refractivity contribution in [3.63, 3.8) is 0 Å². The van der Waals surface area contributed by atoms with Gasteiger partial charge in [0.15, 0.2) is 5.75 Å². The third kappa shape index (κ3) is 4.26. The molecule has 31 heavy (non-hydrogen) atoms. The predicted molar refractivity (Wildman–Crippen MR) is 112 cm³/mol. The van der Waals surface area contributed by atoms with Gasteiger partial charge in [-0.15, -0.1) is 0 Å². The first-order chi connectivity index (χ1) is 14.6. The fraction of sp³-hybridized carbons (Fsp3) is 0.455. The molecule has 0 aromatic heterocycles. The Morgan fingerprint density at radius 2 is 2.06 bits per heavy atom. The number of esters is 1. The molecular weight excluding hydrogens is 404 g/mol. The van der Waals surface area contributed by atoms with Gasteiger partial charge in [0.25, 0.3) is 0 Å². The van der Waals surface area contributed by atoms with Gasteiger partial charge in [0.2, 0.25) is 5.75 Å². The van der Waals surface area contributed by atoms with Crippen LogP contribution in [0.25, 0.3) is 0 Å². The molecule has 0 saturated heterocycles. The van der Waals surface area contributed by atoms with Gasteiger partial charge in [-0.2, -0.15) is 0 Å². The number of nitro benzene ring substituents is 1. The van der Waals surface area contributed by atoms with Crippen molar-refractivity contribution in [2.45, 2.75) is 52.6 Å². The Kier molecular flexibility index (Phi) is 6.33. The van der Waals surface area contributed by atoms with Crippen LogP contribution < -0.4 is 10.1 Å². The van der Waals surface area contributed by atoms with Gasteiger partial charge < -0.3 is 19.9 Å². The van der Waals surface area contributed by atoms with Crippen LogP contribution in [0.4, 0.5) is 5.69 Å². The molecule has 1 aliphatic heterocycles. The van der Waals surface area contributed by atoms with Gasteiger partial charge in [-0.3, -0.25) is 14.9 Å². The van der Waals surface area contributed by atoms with E-state index in [0.717, 1.165) is 0 Å². The van der Waals surface area contributed by atoms with E-state index in [1.807, 2.05) is 6.08 Å². The second-order valence-electron chi connectivity index (χ2n) is 7.81. The number of nitrogens with zero attached hydrogens (tertiary/aromatic N) is 1. The summed E-state index contributed by atoms with van der Waals surface area (Å²) >= 11 is 0. The monoisotopic (exact) mass is 430 g/mol. The number of rotatable bonds is 6. The van der Waals surface area contributed by atoms with Crippen LogP contribution in [0.3, 0.4) is 0 Å². The van der Waals surface area contributed by atoms with Crippen LogP contribution in [-0.4, -0.2) is 34.5 Å². The lowest BCUT2D eigenvalue weighted by Crippen LogP contribution is -2.41. The lowest BCUT2D eigenvalue weighted by atomic mass is 9.71. The summed E-state index contributed by atoms with van der Waals surface area (Å²) in [7, 11) is 0.